The molecule has 2 N–H and O–H groups in total. The first-order valence-corrected chi connectivity index (χ1v) is 3.57. The second kappa shape index (κ2) is 7.36. The average molecular weight is 190 g/mol. The molecule has 0 aliphatic carbocycles. The highest BCUT2D eigenvalue weighted by Gasteiger charge is 2.20. The number of likely N-dealkylation sites (N-methyl/N-ethyl adjacent to an activating group) is 2. The van der Waals surface area contributed by atoms with E-state index in [9.17, 15) is 17.3 Å². The summed E-state index contributed by atoms with van der Waals surface area (Å²) in [4.78, 5) is 2.18. The van der Waals surface area contributed by atoms with E-state index in [4.69, 9.17) is 0 Å². The Morgan fingerprint density at radius 1 is 1.17 bits per heavy atom. The zero-order chi connectivity index (χ0) is 10.2. The minimum absolute atomic E-state index is 1.18. The monoisotopic (exact) mass is 190 g/mol. The Labute approximate surface area is 70.0 Å². The van der Waals surface area contributed by atoms with E-state index in [2.05, 4.69) is 31.4 Å². The molecule has 0 spiro atoms. The lowest BCUT2D eigenvalue weighted by Gasteiger charge is -2.04. The van der Waals surface area contributed by atoms with Crippen molar-refractivity contribution in [1.82, 2.24) is 4.90 Å². The van der Waals surface area contributed by atoms with Gasteiger partial charge in [-0.1, -0.05) is 0 Å². The van der Waals surface area contributed by atoms with Crippen LogP contribution in [0, 0.1) is 0 Å². The van der Waals surface area contributed by atoms with E-state index in [1.807, 2.05) is 0 Å². The van der Waals surface area contributed by atoms with Crippen molar-refractivity contribution < 1.29 is 22.6 Å². The number of nitrogens with zero attached hydrogens (tertiary/aromatic N) is 1. The molecule has 12 heavy (non-hydrogen) atoms. The molecule has 0 aromatic heterocycles. The molecule has 0 saturated carbocycles. The Hall–Kier alpha value is -0.295. The van der Waals surface area contributed by atoms with Gasteiger partial charge in [0.15, 0.2) is 0 Å². The van der Waals surface area contributed by atoms with Gasteiger partial charge in [-0.2, -0.15) is 0 Å². The van der Waals surface area contributed by atoms with Crippen molar-refractivity contribution in [3.8, 4) is 0 Å². The molecule has 0 heterocycles. The summed E-state index contributed by atoms with van der Waals surface area (Å²) in [6.45, 7) is 2.38. The molecule has 7 heteroatoms. The second-order valence-corrected chi connectivity index (χ2v) is 2.50. The van der Waals surface area contributed by atoms with Crippen LogP contribution in [0.1, 0.15) is 0 Å². The van der Waals surface area contributed by atoms with Crippen LogP contribution in [-0.4, -0.2) is 46.4 Å². The molecule has 2 nitrogen and oxygen atoms in total. The summed E-state index contributed by atoms with van der Waals surface area (Å²) in [7, 11) is 0.260. The predicted octanol–water partition coefficient (Wildman–Crippen LogP) is 0.0412. The molecular weight excluding hydrogens is 175 g/mol. The fraction of sp³-hybridized carbons (Fsp3) is 1.00. The standard InChI is InChI=1S/C5H14N2.BF4/c1-6-4-5-7(2)3;2-1(3,4)5/h6H,4-5H2,1-3H3;/q;-1/p+1. The van der Waals surface area contributed by atoms with Gasteiger partial charge >= 0.3 is 7.25 Å². The zero-order valence-corrected chi connectivity index (χ0v) is 7.53. The Bertz CT molecular complexity index is 89.9. The molecule has 0 unspecified atom stereocenters. The van der Waals surface area contributed by atoms with Crippen LogP contribution in [-0.2, 0) is 0 Å². The van der Waals surface area contributed by atoms with Crippen LogP contribution >= 0.6 is 0 Å². The number of rotatable bonds is 3. The third-order valence-electron chi connectivity index (χ3n) is 0.865. The Morgan fingerprint density at radius 3 is 1.58 bits per heavy atom. The van der Waals surface area contributed by atoms with E-state index in [-0.39, 0.29) is 0 Å². The first-order valence-electron chi connectivity index (χ1n) is 3.57. The molecule has 0 aromatic carbocycles. The maximum absolute atomic E-state index is 9.75. The van der Waals surface area contributed by atoms with Crippen LogP contribution in [0.25, 0.3) is 0 Å². The van der Waals surface area contributed by atoms with Gasteiger partial charge in [0, 0.05) is 6.54 Å². The van der Waals surface area contributed by atoms with Crippen molar-refractivity contribution >= 4 is 7.25 Å². The summed E-state index contributed by atoms with van der Waals surface area (Å²) in [5.41, 5.74) is 0. The molecule has 0 amide bonds. The summed E-state index contributed by atoms with van der Waals surface area (Å²) in [6, 6.07) is 0. The van der Waals surface area contributed by atoms with Gasteiger partial charge < -0.3 is 27.5 Å². The van der Waals surface area contributed by atoms with Crippen molar-refractivity contribution in [2.45, 2.75) is 0 Å². The predicted molar refractivity (Wildman–Crippen MR) is 41.5 cm³/mol. The van der Waals surface area contributed by atoms with Crippen LogP contribution in [0.3, 0.4) is 0 Å². The molecule has 0 radical (unpaired) electrons. The quantitative estimate of drug-likeness (QED) is 0.492. The van der Waals surface area contributed by atoms with Gasteiger partial charge in [0.2, 0.25) is 0 Å². The first-order chi connectivity index (χ1) is 5.27. The molecule has 0 aliphatic rings. The molecule has 0 aliphatic heterocycles. The molecule has 0 aromatic rings. The van der Waals surface area contributed by atoms with Gasteiger partial charge in [-0.3, -0.25) is 0 Å². The van der Waals surface area contributed by atoms with Gasteiger partial charge in [-0.15, -0.1) is 0 Å². The zero-order valence-electron chi connectivity index (χ0n) is 7.53. The highest BCUT2D eigenvalue weighted by molar-refractivity contribution is 6.50. The largest absolute Gasteiger partial charge is 0.673 e. The van der Waals surface area contributed by atoms with Crippen LogP contribution in [0.15, 0.2) is 0 Å². The van der Waals surface area contributed by atoms with Crippen LogP contribution in [0.5, 0.6) is 0 Å². The summed E-state index contributed by atoms with van der Waals surface area (Å²) in [6.07, 6.45) is 0. The van der Waals surface area contributed by atoms with Crippen molar-refractivity contribution in [3.63, 3.8) is 0 Å². The van der Waals surface area contributed by atoms with Crippen molar-refractivity contribution in [1.29, 1.82) is 0 Å². The first kappa shape index (κ1) is 14.2. The third-order valence-corrected chi connectivity index (χ3v) is 0.865. The minimum atomic E-state index is -6.00. The summed E-state index contributed by atoms with van der Waals surface area (Å²) < 4.78 is 39.0. The van der Waals surface area contributed by atoms with E-state index < -0.39 is 7.25 Å². The number of hydrogen-bond acceptors (Lipinski definition) is 1. The molecule has 0 atom stereocenters. The van der Waals surface area contributed by atoms with Gasteiger partial charge in [-0.05, 0) is 14.1 Å². The number of nitrogens with two attached hydrogens (primary N) is 1. The fourth-order valence-electron chi connectivity index (χ4n) is 0.387. The van der Waals surface area contributed by atoms with Crippen LogP contribution in [0.4, 0.5) is 17.3 Å². The van der Waals surface area contributed by atoms with Crippen molar-refractivity contribution in [3.05, 3.63) is 0 Å². The van der Waals surface area contributed by atoms with Crippen molar-refractivity contribution in [2.24, 2.45) is 0 Å². The number of hydrogen-bond donors (Lipinski definition) is 1. The van der Waals surface area contributed by atoms with E-state index in [1.165, 1.54) is 13.1 Å². The molecule has 0 saturated heterocycles. The Kier molecular flexibility index (Phi) is 8.73. The van der Waals surface area contributed by atoms with Crippen LogP contribution < -0.4 is 5.32 Å². The number of halogens is 4. The molecule has 76 valence electrons. The number of quaternary nitrogens is 1. The summed E-state index contributed by atoms with van der Waals surface area (Å²) >= 11 is 0. The lowest BCUT2D eigenvalue weighted by molar-refractivity contribution is -0.626. The normalized spacial score (nSPS) is 11.0. The van der Waals surface area contributed by atoms with Gasteiger partial charge in [0.1, 0.15) is 0 Å². The molecule has 0 rings (SSSR count). The second-order valence-electron chi connectivity index (χ2n) is 2.50. The van der Waals surface area contributed by atoms with Gasteiger partial charge in [-0.25, -0.2) is 0 Å². The van der Waals surface area contributed by atoms with Gasteiger partial charge in [0.25, 0.3) is 0 Å². The Balaban J connectivity index is 0. The summed E-state index contributed by atoms with van der Waals surface area (Å²) in [5, 5.41) is 2.18. The van der Waals surface area contributed by atoms with Crippen molar-refractivity contribution in [2.75, 3.05) is 34.2 Å². The average Bonchev–Trinajstić information content (AvgIpc) is 1.79. The Morgan fingerprint density at radius 2 is 1.50 bits per heavy atom. The fourth-order valence-corrected chi connectivity index (χ4v) is 0.387. The lowest BCUT2D eigenvalue weighted by atomic mass is 10.3. The smallest absolute Gasteiger partial charge is 0.418 e. The maximum Gasteiger partial charge on any atom is 0.673 e. The van der Waals surface area contributed by atoms with Gasteiger partial charge in [0.05, 0.1) is 13.6 Å². The maximum atomic E-state index is 9.75. The van der Waals surface area contributed by atoms with E-state index in [0.717, 1.165) is 0 Å². The molecular formula is C5H15BF4N2. The molecule has 0 bridgehead atoms. The SMILES string of the molecule is C[NH2+]CCN(C)C.F[B-](F)(F)F. The highest BCUT2D eigenvalue weighted by Crippen LogP contribution is 2.06. The summed E-state index contributed by atoms with van der Waals surface area (Å²) in [5.74, 6) is 0. The van der Waals surface area contributed by atoms with E-state index >= 15 is 0 Å². The van der Waals surface area contributed by atoms with E-state index in [0.29, 0.717) is 0 Å². The topological polar surface area (TPSA) is 19.9 Å². The van der Waals surface area contributed by atoms with Crippen LogP contribution in [0.2, 0.25) is 0 Å². The molecule has 0 fully saturated rings. The minimum Gasteiger partial charge on any atom is -0.418 e. The highest BCUT2D eigenvalue weighted by atomic mass is 19.5. The lowest BCUT2D eigenvalue weighted by Crippen LogP contribution is -2.81. The van der Waals surface area contributed by atoms with E-state index in [1.54, 1.807) is 0 Å². The third kappa shape index (κ3) is 53.6.